The van der Waals surface area contributed by atoms with E-state index in [-0.39, 0.29) is 29.7 Å². The molecule has 2 amide bonds. The van der Waals surface area contributed by atoms with E-state index >= 15 is 0 Å². The predicted octanol–water partition coefficient (Wildman–Crippen LogP) is 2.18. The van der Waals surface area contributed by atoms with Gasteiger partial charge in [0.25, 0.3) is 11.8 Å². The molecule has 2 aromatic rings. The number of benzene rings is 2. The van der Waals surface area contributed by atoms with Gasteiger partial charge in [0.05, 0.1) is 18.2 Å². The molecular weight excluding hydrogens is 323 g/mol. The van der Waals surface area contributed by atoms with Crippen molar-refractivity contribution in [1.82, 2.24) is 9.80 Å². The minimum atomic E-state index is -0.456. The number of amides is 2. The van der Waals surface area contributed by atoms with Crippen molar-refractivity contribution in [3.63, 3.8) is 0 Å². The van der Waals surface area contributed by atoms with Crippen LogP contribution in [0.15, 0.2) is 48.5 Å². The van der Waals surface area contributed by atoms with E-state index in [1.54, 1.807) is 29.0 Å². The van der Waals surface area contributed by atoms with Crippen LogP contribution in [-0.4, -0.2) is 53.9 Å². The fourth-order valence-electron chi connectivity index (χ4n) is 3.45. The second-order valence-electron chi connectivity index (χ2n) is 6.36. The molecule has 0 aromatic heterocycles. The Labute approximate surface area is 144 Å². The number of carbonyl (C=O) groups is 2. The van der Waals surface area contributed by atoms with Gasteiger partial charge in [0.1, 0.15) is 17.7 Å². The van der Waals surface area contributed by atoms with Gasteiger partial charge >= 0.3 is 0 Å². The molecule has 0 bridgehead atoms. The Morgan fingerprint density at radius 2 is 1.92 bits per heavy atom. The molecule has 0 N–H and O–H groups in total. The summed E-state index contributed by atoms with van der Waals surface area (Å²) in [6, 6.07) is 12.7. The van der Waals surface area contributed by atoms with Crippen LogP contribution < -0.4 is 4.74 Å². The van der Waals surface area contributed by atoms with Crippen molar-refractivity contribution in [1.29, 1.82) is 0 Å². The zero-order valence-corrected chi connectivity index (χ0v) is 13.7. The summed E-state index contributed by atoms with van der Waals surface area (Å²) in [6.45, 7) is 0.739. The van der Waals surface area contributed by atoms with Crippen LogP contribution in [-0.2, 0) is 0 Å². The van der Waals surface area contributed by atoms with Crippen molar-refractivity contribution in [2.75, 3.05) is 20.1 Å². The van der Waals surface area contributed by atoms with Crippen LogP contribution in [0.5, 0.6) is 5.75 Å². The first-order valence-corrected chi connectivity index (χ1v) is 8.12. The van der Waals surface area contributed by atoms with Crippen molar-refractivity contribution in [3.8, 4) is 5.75 Å². The number of likely N-dealkylation sites (tertiary alicyclic amines) is 1. The zero-order chi connectivity index (χ0) is 17.6. The second kappa shape index (κ2) is 5.88. The topological polar surface area (TPSA) is 49.9 Å². The molecule has 1 saturated heterocycles. The number of hydrogen-bond acceptors (Lipinski definition) is 3. The number of fused-ring (bicyclic) bond motifs is 2. The van der Waals surface area contributed by atoms with E-state index in [1.807, 2.05) is 18.2 Å². The van der Waals surface area contributed by atoms with Gasteiger partial charge in [0.2, 0.25) is 0 Å². The van der Waals surface area contributed by atoms with Gasteiger partial charge in [0, 0.05) is 25.2 Å². The van der Waals surface area contributed by atoms with Gasteiger partial charge in [-0.15, -0.1) is 0 Å². The molecule has 0 radical (unpaired) electrons. The van der Waals surface area contributed by atoms with Crippen LogP contribution in [0, 0.1) is 5.82 Å². The van der Waals surface area contributed by atoms with E-state index in [2.05, 4.69) is 0 Å². The monoisotopic (exact) mass is 340 g/mol. The number of halogens is 1. The normalized spacial score (nSPS) is 22.1. The lowest BCUT2D eigenvalue weighted by molar-refractivity contribution is 0.0674. The molecule has 2 unspecified atom stereocenters. The van der Waals surface area contributed by atoms with Crippen LogP contribution in [0.25, 0.3) is 0 Å². The minimum Gasteiger partial charge on any atom is -0.485 e. The van der Waals surface area contributed by atoms with Crippen molar-refractivity contribution in [3.05, 3.63) is 65.5 Å². The first-order chi connectivity index (χ1) is 12.0. The minimum absolute atomic E-state index is 0.0995. The molecule has 0 saturated carbocycles. The maximum absolute atomic E-state index is 13.6. The number of likely N-dealkylation sites (N-methyl/N-ethyl adjacent to an activating group) is 1. The third kappa shape index (κ3) is 2.63. The fourth-order valence-corrected chi connectivity index (χ4v) is 3.45. The molecule has 2 aromatic carbocycles. The summed E-state index contributed by atoms with van der Waals surface area (Å²) in [4.78, 5) is 28.6. The van der Waals surface area contributed by atoms with Gasteiger partial charge in [-0.1, -0.05) is 18.2 Å². The quantitative estimate of drug-likeness (QED) is 0.800. The number of ether oxygens (including phenoxy) is 1. The van der Waals surface area contributed by atoms with Gasteiger partial charge < -0.3 is 14.5 Å². The smallest absolute Gasteiger partial charge is 0.257 e. The molecule has 4 rings (SSSR count). The van der Waals surface area contributed by atoms with Gasteiger partial charge in [-0.3, -0.25) is 9.59 Å². The van der Waals surface area contributed by atoms with Gasteiger partial charge in [-0.25, -0.2) is 4.39 Å². The third-order valence-electron chi connectivity index (χ3n) is 4.82. The maximum atomic E-state index is 13.6. The highest BCUT2D eigenvalue weighted by molar-refractivity contribution is 5.98. The molecule has 2 aliphatic heterocycles. The molecule has 5 nitrogen and oxygen atoms in total. The van der Waals surface area contributed by atoms with E-state index in [9.17, 15) is 14.0 Å². The van der Waals surface area contributed by atoms with Gasteiger partial charge in [-0.05, 0) is 24.3 Å². The van der Waals surface area contributed by atoms with E-state index in [0.29, 0.717) is 24.2 Å². The number of rotatable bonds is 1. The Balaban J connectivity index is 1.63. The SMILES string of the molecule is CN1C(=O)c2ccc(F)cc2OC2CN(C(=O)c3ccccc3)CC21. The van der Waals surface area contributed by atoms with Crippen LogP contribution >= 0.6 is 0 Å². The molecule has 0 aliphatic carbocycles. The molecule has 0 spiro atoms. The molecule has 2 aliphatic rings. The van der Waals surface area contributed by atoms with Crippen molar-refractivity contribution in [2.24, 2.45) is 0 Å². The highest BCUT2D eigenvalue weighted by Crippen LogP contribution is 2.31. The Kier molecular flexibility index (Phi) is 3.67. The van der Waals surface area contributed by atoms with E-state index in [0.717, 1.165) is 0 Å². The van der Waals surface area contributed by atoms with E-state index in [1.165, 1.54) is 18.2 Å². The van der Waals surface area contributed by atoms with Crippen LogP contribution in [0.1, 0.15) is 20.7 Å². The molecule has 2 heterocycles. The van der Waals surface area contributed by atoms with Gasteiger partial charge in [0.15, 0.2) is 0 Å². The Bertz CT molecular complexity index is 840. The van der Waals surface area contributed by atoms with Crippen molar-refractivity contribution in [2.45, 2.75) is 12.1 Å². The summed E-state index contributed by atoms with van der Waals surface area (Å²) in [5.74, 6) is -0.546. The first-order valence-electron chi connectivity index (χ1n) is 8.12. The molecule has 2 atom stereocenters. The largest absolute Gasteiger partial charge is 0.485 e. The Morgan fingerprint density at radius 3 is 2.68 bits per heavy atom. The number of carbonyl (C=O) groups excluding carboxylic acids is 2. The lowest BCUT2D eigenvalue weighted by atomic mass is 10.1. The standard InChI is InChI=1S/C19H17FN2O3/c1-21-15-10-22(18(23)12-5-3-2-4-6-12)11-17(15)25-16-9-13(20)7-8-14(16)19(21)24/h2-9,15,17H,10-11H2,1H3. The summed E-state index contributed by atoms with van der Waals surface area (Å²) in [6.07, 6.45) is -0.385. The summed E-state index contributed by atoms with van der Waals surface area (Å²) < 4.78 is 19.5. The highest BCUT2D eigenvalue weighted by Gasteiger charge is 2.43. The van der Waals surface area contributed by atoms with Crippen LogP contribution in [0.3, 0.4) is 0 Å². The molecule has 128 valence electrons. The van der Waals surface area contributed by atoms with Crippen LogP contribution in [0.4, 0.5) is 4.39 Å². The van der Waals surface area contributed by atoms with E-state index in [4.69, 9.17) is 4.74 Å². The van der Waals surface area contributed by atoms with E-state index < -0.39 is 5.82 Å². The van der Waals surface area contributed by atoms with Crippen molar-refractivity contribution < 1.29 is 18.7 Å². The molecule has 1 fully saturated rings. The van der Waals surface area contributed by atoms with Crippen LogP contribution in [0.2, 0.25) is 0 Å². The Morgan fingerprint density at radius 1 is 1.16 bits per heavy atom. The lowest BCUT2D eigenvalue weighted by Gasteiger charge is -2.25. The lowest BCUT2D eigenvalue weighted by Crippen LogP contribution is -2.44. The molecule has 25 heavy (non-hydrogen) atoms. The van der Waals surface area contributed by atoms with Gasteiger partial charge in [-0.2, -0.15) is 0 Å². The summed E-state index contributed by atoms with van der Waals surface area (Å²) in [5, 5.41) is 0. The predicted molar refractivity (Wildman–Crippen MR) is 89.0 cm³/mol. The first kappa shape index (κ1) is 15.6. The average molecular weight is 340 g/mol. The number of hydrogen-bond donors (Lipinski definition) is 0. The molecular formula is C19H17FN2O3. The summed E-state index contributed by atoms with van der Waals surface area (Å²) in [5.41, 5.74) is 0.943. The third-order valence-corrected chi connectivity index (χ3v) is 4.82. The zero-order valence-electron chi connectivity index (χ0n) is 13.7. The molecule has 6 heteroatoms. The van der Waals surface area contributed by atoms with Crippen molar-refractivity contribution >= 4 is 11.8 Å². The average Bonchev–Trinajstić information content (AvgIpc) is 3.01. The highest BCUT2D eigenvalue weighted by atomic mass is 19.1. The maximum Gasteiger partial charge on any atom is 0.257 e. The summed E-state index contributed by atoms with van der Waals surface area (Å²) >= 11 is 0. The Hall–Kier alpha value is -2.89. The fraction of sp³-hybridized carbons (Fsp3) is 0.263. The number of nitrogens with zero attached hydrogens (tertiary/aromatic N) is 2. The second-order valence-corrected chi connectivity index (χ2v) is 6.36. The summed E-state index contributed by atoms with van der Waals surface area (Å²) in [7, 11) is 1.69.